The summed E-state index contributed by atoms with van der Waals surface area (Å²) in [6.07, 6.45) is 3.27. The highest BCUT2D eigenvalue weighted by molar-refractivity contribution is 9.10. The van der Waals surface area contributed by atoms with Crippen LogP contribution in [-0.2, 0) is 0 Å². The molecule has 0 atom stereocenters. The van der Waals surface area contributed by atoms with Crippen molar-refractivity contribution in [3.8, 4) is 0 Å². The fourth-order valence-electron chi connectivity index (χ4n) is 2.04. The van der Waals surface area contributed by atoms with E-state index in [4.69, 9.17) is 0 Å². The highest BCUT2D eigenvalue weighted by atomic mass is 79.9. The van der Waals surface area contributed by atoms with Crippen molar-refractivity contribution in [1.82, 2.24) is 9.97 Å². The Morgan fingerprint density at radius 3 is 2.86 bits per heavy atom. The molecule has 5 nitrogen and oxygen atoms in total. The van der Waals surface area contributed by atoms with Crippen LogP contribution in [0.5, 0.6) is 0 Å². The fraction of sp³-hybridized carbons (Fsp3) is 0. The molecule has 6 heteroatoms. The van der Waals surface area contributed by atoms with E-state index in [1.165, 1.54) is 6.07 Å². The largest absolute Gasteiger partial charge is 0.478 e. The van der Waals surface area contributed by atoms with E-state index in [1.807, 2.05) is 30.3 Å². The Morgan fingerprint density at radius 1 is 1.19 bits per heavy atom. The first-order valence-electron chi connectivity index (χ1n) is 6.15. The zero-order chi connectivity index (χ0) is 14.8. The van der Waals surface area contributed by atoms with Crippen LogP contribution in [0.15, 0.2) is 53.3 Å². The molecular formula is C15H10BrN3O2. The minimum absolute atomic E-state index is 0.102. The van der Waals surface area contributed by atoms with Crippen molar-refractivity contribution in [2.24, 2.45) is 0 Å². The number of nitrogens with zero attached hydrogens (tertiary/aromatic N) is 2. The smallest absolute Gasteiger partial charge is 0.339 e. The summed E-state index contributed by atoms with van der Waals surface area (Å²) in [5.74, 6) is -0.744. The summed E-state index contributed by atoms with van der Waals surface area (Å²) in [4.78, 5) is 19.7. The zero-order valence-corrected chi connectivity index (χ0v) is 12.3. The average molecular weight is 344 g/mol. The monoisotopic (exact) mass is 343 g/mol. The fourth-order valence-corrected chi connectivity index (χ4v) is 2.37. The van der Waals surface area contributed by atoms with E-state index in [-0.39, 0.29) is 5.56 Å². The van der Waals surface area contributed by atoms with Crippen molar-refractivity contribution in [2.75, 3.05) is 5.32 Å². The molecule has 2 aromatic heterocycles. The van der Waals surface area contributed by atoms with Gasteiger partial charge in [-0.15, -0.1) is 0 Å². The first kappa shape index (κ1) is 13.5. The van der Waals surface area contributed by atoms with Gasteiger partial charge in [-0.05, 0) is 46.3 Å². The van der Waals surface area contributed by atoms with Crippen LogP contribution in [0.4, 0.5) is 11.5 Å². The molecule has 3 rings (SSSR count). The lowest BCUT2D eigenvalue weighted by atomic mass is 10.1. The summed E-state index contributed by atoms with van der Waals surface area (Å²) in [6, 6.07) is 10.9. The molecule has 104 valence electrons. The Morgan fingerprint density at radius 2 is 2.05 bits per heavy atom. The van der Waals surface area contributed by atoms with Crippen LogP contribution in [0.1, 0.15) is 10.4 Å². The number of carbonyl (C=O) groups is 1. The molecule has 0 radical (unpaired) electrons. The molecule has 0 bridgehead atoms. The van der Waals surface area contributed by atoms with Gasteiger partial charge in [0, 0.05) is 27.9 Å². The minimum atomic E-state index is -1.04. The lowest BCUT2D eigenvalue weighted by Gasteiger charge is -2.11. The second kappa shape index (κ2) is 5.49. The van der Waals surface area contributed by atoms with E-state index in [0.29, 0.717) is 10.3 Å². The number of nitrogens with one attached hydrogen (secondary N) is 1. The van der Waals surface area contributed by atoms with Gasteiger partial charge in [0.2, 0.25) is 0 Å². The van der Waals surface area contributed by atoms with Gasteiger partial charge in [0.25, 0.3) is 0 Å². The highest BCUT2D eigenvalue weighted by Gasteiger charge is 2.13. The van der Waals surface area contributed by atoms with Gasteiger partial charge in [-0.3, -0.25) is 4.98 Å². The van der Waals surface area contributed by atoms with Crippen LogP contribution in [0.2, 0.25) is 0 Å². The predicted molar refractivity (Wildman–Crippen MR) is 83.9 cm³/mol. The van der Waals surface area contributed by atoms with E-state index in [0.717, 1.165) is 16.6 Å². The van der Waals surface area contributed by atoms with Crippen LogP contribution in [0, 0.1) is 0 Å². The van der Waals surface area contributed by atoms with Crippen molar-refractivity contribution >= 4 is 44.3 Å². The van der Waals surface area contributed by atoms with Crippen molar-refractivity contribution in [1.29, 1.82) is 0 Å². The number of rotatable bonds is 3. The third kappa shape index (κ3) is 2.71. The summed E-state index contributed by atoms with van der Waals surface area (Å²) in [7, 11) is 0. The normalized spacial score (nSPS) is 10.5. The molecule has 0 unspecified atom stereocenters. The Labute approximate surface area is 128 Å². The molecule has 0 saturated heterocycles. The van der Waals surface area contributed by atoms with Crippen molar-refractivity contribution in [2.45, 2.75) is 0 Å². The number of hydrogen-bond acceptors (Lipinski definition) is 4. The number of halogens is 1. The molecular weight excluding hydrogens is 334 g/mol. The molecule has 0 spiro atoms. The number of benzene rings is 1. The Bertz CT molecular complexity index is 831. The van der Waals surface area contributed by atoms with Crippen LogP contribution in [-0.4, -0.2) is 21.0 Å². The first-order chi connectivity index (χ1) is 10.1. The second-order valence-electron chi connectivity index (χ2n) is 4.36. The summed E-state index contributed by atoms with van der Waals surface area (Å²) >= 11 is 3.23. The van der Waals surface area contributed by atoms with Crippen LogP contribution in [0.3, 0.4) is 0 Å². The third-order valence-corrected chi connectivity index (χ3v) is 3.42. The van der Waals surface area contributed by atoms with Crippen LogP contribution < -0.4 is 5.32 Å². The average Bonchev–Trinajstić information content (AvgIpc) is 2.49. The second-order valence-corrected chi connectivity index (χ2v) is 5.27. The number of pyridine rings is 2. The standard InChI is InChI=1S/C15H10BrN3O2/c16-9-7-11(15(20)21)14(18-8-9)19-13-5-1-4-12-10(13)3-2-6-17-12/h1-8H,(H,18,19)(H,20,21). The molecule has 21 heavy (non-hydrogen) atoms. The molecule has 2 N–H and O–H groups in total. The van der Waals surface area contributed by atoms with Gasteiger partial charge in [0.05, 0.1) is 5.52 Å². The van der Waals surface area contributed by atoms with Gasteiger partial charge in [-0.2, -0.15) is 0 Å². The van der Waals surface area contributed by atoms with E-state index in [2.05, 4.69) is 31.2 Å². The number of aromatic carboxylic acids is 1. The maximum absolute atomic E-state index is 11.3. The molecule has 2 heterocycles. The summed E-state index contributed by atoms with van der Waals surface area (Å²) in [5, 5.41) is 13.2. The Hall–Kier alpha value is -2.47. The number of hydrogen-bond donors (Lipinski definition) is 2. The maximum atomic E-state index is 11.3. The maximum Gasteiger partial charge on any atom is 0.339 e. The third-order valence-electron chi connectivity index (χ3n) is 2.98. The van der Waals surface area contributed by atoms with Crippen molar-refractivity contribution in [3.05, 3.63) is 58.8 Å². The van der Waals surface area contributed by atoms with Gasteiger partial charge in [0.15, 0.2) is 0 Å². The van der Waals surface area contributed by atoms with Gasteiger partial charge < -0.3 is 10.4 Å². The topological polar surface area (TPSA) is 75.1 Å². The van der Waals surface area contributed by atoms with Gasteiger partial charge >= 0.3 is 5.97 Å². The molecule has 0 saturated carbocycles. The van der Waals surface area contributed by atoms with E-state index < -0.39 is 5.97 Å². The van der Waals surface area contributed by atoms with Gasteiger partial charge in [-0.1, -0.05) is 6.07 Å². The highest BCUT2D eigenvalue weighted by Crippen LogP contribution is 2.27. The number of carboxylic acid groups (broad SMARTS) is 1. The number of carboxylic acids is 1. The number of anilines is 2. The molecule has 0 aliphatic rings. The molecule has 1 aromatic carbocycles. The van der Waals surface area contributed by atoms with E-state index in [1.54, 1.807) is 12.4 Å². The molecule has 0 aliphatic heterocycles. The summed E-state index contributed by atoms with van der Waals surface area (Å²) in [6.45, 7) is 0. The quantitative estimate of drug-likeness (QED) is 0.755. The lowest BCUT2D eigenvalue weighted by Crippen LogP contribution is -2.05. The first-order valence-corrected chi connectivity index (χ1v) is 6.94. The molecule has 0 amide bonds. The van der Waals surface area contributed by atoms with Crippen LogP contribution >= 0.6 is 15.9 Å². The van der Waals surface area contributed by atoms with Gasteiger partial charge in [-0.25, -0.2) is 9.78 Å². The minimum Gasteiger partial charge on any atom is -0.478 e. The van der Waals surface area contributed by atoms with Crippen LogP contribution in [0.25, 0.3) is 10.9 Å². The summed E-state index contributed by atoms with van der Waals surface area (Å²) in [5.41, 5.74) is 1.69. The molecule has 0 fully saturated rings. The lowest BCUT2D eigenvalue weighted by molar-refractivity contribution is 0.0697. The molecule has 3 aromatic rings. The SMILES string of the molecule is O=C(O)c1cc(Br)cnc1Nc1cccc2ncccc12. The predicted octanol–water partition coefficient (Wildman–Crippen LogP) is 3.83. The van der Waals surface area contributed by atoms with Crippen molar-refractivity contribution < 1.29 is 9.90 Å². The molecule has 0 aliphatic carbocycles. The zero-order valence-electron chi connectivity index (χ0n) is 10.7. The Kier molecular flexibility index (Phi) is 3.53. The Balaban J connectivity index is 2.09. The number of aromatic nitrogens is 2. The van der Waals surface area contributed by atoms with Gasteiger partial charge in [0.1, 0.15) is 11.4 Å². The number of fused-ring (bicyclic) bond motifs is 1. The summed E-state index contributed by atoms with van der Waals surface area (Å²) < 4.78 is 0.616. The van der Waals surface area contributed by atoms with Crippen molar-refractivity contribution in [3.63, 3.8) is 0 Å². The van der Waals surface area contributed by atoms with E-state index >= 15 is 0 Å². The van der Waals surface area contributed by atoms with E-state index in [9.17, 15) is 9.90 Å².